The molecule has 0 heterocycles. The fourth-order valence-electron chi connectivity index (χ4n) is 6.53. The van der Waals surface area contributed by atoms with E-state index in [-0.39, 0.29) is 11.1 Å². The van der Waals surface area contributed by atoms with E-state index in [9.17, 15) is 39.6 Å². The molecule has 0 aliphatic carbocycles. The van der Waals surface area contributed by atoms with E-state index in [1.807, 2.05) is 121 Å². The van der Waals surface area contributed by atoms with Gasteiger partial charge in [-0.3, -0.25) is 0 Å². The molecule has 0 unspecified atom stereocenters. The maximum atomic E-state index is 12.6. The van der Waals surface area contributed by atoms with Crippen LogP contribution in [0.1, 0.15) is 41.4 Å². The van der Waals surface area contributed by atoms with Crippen molar-refractivity contribution in [2.24, 2.45) is 0 Å². The molecule has 6 aromatic carbocycles. The molecular formula is C40H30O9Si2. The summed E-state index contributed by atoms with van der Waals surface area (Å²) in [6, 6.07) is 45.6. The van der Waals surface area contributed by atoms with Crippen molar-refractivity contribution in [2.75, 3.05) is 0 Å². The molecule has 0 amide bonds. The van der Waals surface area contributed by atoms with Crippen LogP contribution in [0.4, 0.5) is 0 Å². The van der Waals surface area contributed by atoms with Crippen molar-refractivity contribution in [1.82, 2.24) is 0 Å². The van der Waals surface area contributed by atoms with Gasteiger partial charge in [-0.15, -0.1) is 0 Å². The molecule has 51 heavy (non-hydrogen) atoms. The lowest BCUT2D eigenvalue weighted by atomic mass is 10.1. The first-order valence-electron chi connectivity index (χ1n) is 15.7. The summed E-state index contributed by atoms with van der Waals surface area (Å²) in [6.07, 6.45) is 0. The summed E-state index contributed by atoms with van der Waals surface area (Å²) in [5.74, 6) is -5.65. The molecule has 11 heteroatoms. The van der Waals surface area contributed by atoms with E-state index in [2.05, 4.69) is 0 Å². The highest BCUT2D eigenvalue weighted by Crippen LogP contribution is 2.22. The van der Waals surface area contributed by atoms with Crippen LogP contribution in [0.25, 0.3) is 0 Å². The third-order valence-electron chi connectivity index (χ3n) is 8.80. The summed E-state index contributed by atoms with van der Waals surface area (Å²) in [6.45, 7) is 0. The van der Waals surface area contributed by atoms with Gasteiger partial charge in [-0.2, -0.15) is 0 Å². The minimum Gasteiger partial charge on any atom is -0.478 e. The van der Waals surface area contributed by atoms with Gasteiger partial charge in [-0.05, 0) is 55.4 Å². The van der Waals surface area contributed by atoms with Gasteiger partial charge >= 0.3 is 23.9 Å². The smallest absolute Gasteiger partial charge is 0.336 e. The summed E-state index contributed by atoms with van der Waals surface area (Å²) in [4.78, 5) is 49.7. The van der Waals surface area contributed by atoms with Crippen molar-refractivity contribution in [3.05, 3.63) is 180 Å². The van der Waals surface area contributed by atoms with Crippen LogP contribution >= 0.6 is 0 Å². The average molecular weight is 711 g/mol. The first kappa shape index (κ1) is 34.5. The minimum atomic E-state index is -3.98. The molecule has 0 aromatic heterocycles. The average Bonchev–Trinajstić information content (AvgIpc) is 3.16. The Bertz CT molecular complexity index is 2010. The van der Waals surface area contributed by atoms with Crippen LogP contribution < -0.4 is 31.1 Å². The lowest BCUT2D eigenvalue weighted by molar-refractivity contribution is 0.0651. The summed E-state index contributed by atoms with van der Waals surface area (Å²) in [5.41, 5.74) is -1.61. The van der Waals surface area contributed by atoms with Crippen LogP contribution in [0.2, 0.25) is 0 Å². The van der Waals surface area contributed by atoms with Gasteiger partial charge in [0.2, 0.25) is 0 Å². The monoisotopic (exact) mass is 710 g/mol. The molecule has 0 aliphatic rings. The molecule has 6 rings (SSSR count). The van der Waals surface area contributed by atoms with Gasteiger partial charge in [0.15, 0.2) is 0 Å². The van der Waals surface area contributed by atoms with E-state index >= 15 is 0 Å². The SMILES string of the molecule is O=C(O)c1ccc([Si](O[Si](c2ccccc2)(c2ccccc2)c2ccc(C(=O)O)c(C(=O)O)c2)(c2ccccc2)c2ccccc2)cc1C(=O)O. The number of hydrogen-bond donors (Lipinski definition) is 4. The van der Waals surface area contributed by atoms with Gasteiger partial charge in [0.05, 0.1) is 22.3 Å². The van der Waals surface area contributed by atoms with Gasteiger partial charge < -0.3 is 24.5 Å². The second-order valence-corrected chi connectivity index (χ2v) is 18.7. The van der Waals surface area contributed by atoms with Crippen molar-refractivity contribution in [3.63, 3.8) is 0 Å². The van der Waals surface area contributed by atoms with Crippen LogP contribution in [0.5, 0.6) is 0 Å². The number of carboxylic acids is 4. The Hall–Kier alpha value is -6.41. The minimum absolute atomic E-state index is 0.389. The normalized spacial score (nSPS) is 11.5. The zero-order valence-corrected chi connectivity index (χ0v) is 28.8. The largest absolute Gasteiger partial charge is 0.478 e. The highest BCUT2D eigenvalue weighted by molar-refractivity contribution is 7.18. The van der Waals surface area contributed by atoms with Crippen molar-refractivity contribution in [2.45, 2.75) is 0 Å². The summed E-state index contributed by atoms with van der Waals surface area (Å²) >= 11 is 0. The third-order valence-corrected chi connectivity index (χ3v) is 18.1. The number of rotatable bonds is 12. The Morgan fingerprint density at radius 2 is 0.588 bits per heavy atom. The van der Waals surface area contributed by atoms with Crippen LogP contribution in [0, 0.1) is 0 Å². The number of carbonyl (C=O) groups is 4. The second-order valence-electron chi connectivity index (χ2n) is 11.7. The first-order chi connectivity index (χ1) is 24.6. The quantitative estimate of drug-likeness (QED) is 0.111. The van der Waals surface area contributed by atoms with Crippen molar-refractivity contribution >= 4 is 71.6 Å². The van der Waals surface area contributed by atoms with E-state index in [0.29, 0.717) is 31.1 Å². The molecule has 0 radical (unpaired) electrons. The Kier molecular flexibility index (Phi) is 9.60. The molecule has 0 bridgehead atoms. The van der Waals surface area contributed by atoms with Gasteiger partial charge in [-0.1, -0.05) is 133 Å². The van der Waals surface area contributed by atoms with E-state index < -0.39 is 51.6 Å². The van der Waals surface area contributed by atoms with Crippen molar-refractivity contribution in [1.29, 1.82) is 0 Å². The fourth-order valence-corrected chi connectivity index (χ4v) is 17.2. The van der Waals surface area contributed by atoms with Crippen molar-refractivity contribution < 1.29 is 43.7 Å². The molecule has 0 aliphatic heterocycles. The Labute approximate surface area is 294 Å². The Morgan fingerprint density at radius 3 is 0.824 bits per heavy atom. The molecule has 6 aromatic rings. The molecule has 9 nitrogen and oxygen atoms in total. The predicted molar refractivity (Wildman–Crippen MR) is 197 cm³/mol. The van der Waals surface area contributed by atoms with E-state index in [0.717, 1.165) is 0 Å². The molecular weight excluding hydrogens is 681 g/mol. The molecule has 0 saturated heterocycles. The lowest BCUT2D eigenvalue weighted by Gasteiger charge is -2.44. The molecule has 0 saturated carbocycles. The maximum Gasteiger partial charge on any atom is 0.336 e. The second kappa shape index (κ2) is 14.2. The lowest BCUT2D eigenvalue weighted by Crippen LogP contribution is -2.81. The number of aromatic carboxylic acids is 4. The first-order valence-corrected chi connectivity index (χ1v) is 19.6. The van der Waals surface area contributed by atoms with E-state index in [1.165, 1.54) is 24.3 Å². The molecule has 252 valence electrons. The molecule has 4 N–H and O–H groups in total. The van der Waals surface area contributed by atoms with Crippen LogP contribution in [-0.2, 0) is 4.12 Å². The fraction of sp³-hybridized carbons (Fsp3) is 0. The summed E-state index contributed by atoms with van der Waals surface area (Å²) in [7, 11) is -7.96. The van der Waals surface area contributed by atoms with Gasteiger partial charge in [0.1, 0.15) is 0 Å². The van der Waals surface area contributed by atoms with E-state index in [1.54, 1.807) is 12.1 Å². The number of benzene rings is 6. The zero-order chi connectivity index (χ0) is 36.2. The van der Waals surface area contributed by atoms with Crippen molar-refractivity contribution in [3.8, 4) is 0 Å². The highest BCUT2D eigenvalue weighted by atomic mass is 28.4. The van der Waals surface area contributed by atoms with E-state index in [4.69, 9.17) is 4.12 Å². The summed E-state index contributed by atoms with van der Waals surface area (Å²) in [5, 5.41) is 44.2. The highest BCUT2D eigenvalue weighted by Gasteiger charge is 2.53. The number of carboxylic acid groups (broad SMARTS) is 4. The standard InChI is InChI=1S/C40H30O9Si2/c41-37(42)33-23-21-31(25-35(33)39(45)46)50(27-13-5-1-6-14-27,28-15-7-2-8-16-28)49-51(29-17-9-3-10-18-29,30-19-11-4-12-20-30)32-22-24-34(38(43)44)36(26-32)40(47)48/h1-26H,(H,41,42)(H,43,44)(H,45,46)(H,47,48). The maximum absolute atomic E-state index is 12.6. The van der Waals surface area contributed by atoms with Gasteiger partial charge in [-0.25, -0.2) is 19.2 Å². The zero-order valence-electron chi connectivity index (χ0n) is 26.8. The Morgan fingerprint density at radius 1 is 0.333 bits per heavy atom. The van der Waals surface area contributed by atoms with Gasteiger partial charge in [0.25, 0.3) is 16.6 Å². The third kappa shape index (κ3) is 6.28. The van der Waals surface area contributed by atoms with Crippen LogP contribution in [0.3, 0.4) is 0 Å². The topological polar surface area (TPSA) is 158 Å². The molecule has 0 fully saturated rings. The molecule has 0 atom stereocenters. The predicted octanol–water partition coefficient (Wildman–Crippen LogP) is 3.13. The Balaban J connectivity index is 1.83. The van der Waals surface area contributed by atoms with Gasteiger partial charge in [0, 0.05) is 0 Å². The van der Waals surface area contributed by atoms with Crippen LogP contribution in [-0.4, -0.2) is 60.9 Å². The molecule has 0 spiro atoms. The summed E-state index contributed by atoms with van der Waals surface area (Å²) < 4.78 is 8.01. The number of hydrogen-bond acceptors (Lipinski definition) is 5. The van der Waals surface area contributed by atoms with Crippen LogP contribution in [0.15, 0.2) is 158 Å².